The molecule has 2 nitrogen and oxygen atoms in total. The zero-order valence-electron chi connectivity index (χ0n) is 13.1. The van der Waals surface area contributed by atoms with E-state index in [1.807, 2.05) is 0 Å². The lowest BCUT2D eigenvalue weighted by Gasteiger charge is -2.45. The number of rotatable bonds is 7. The van der Waals surface area contributed by atoms with Gasteiger partial charge in [0.05, 0.1) is 0 Å². The molecule has 0 heterocycles. The molecule has 0 spiro atoms. The molecule has 0 saturated carbocycles. The Hall–Kier alpha value is -0.340. The molecule has 1 aliphatic rings. The van der Waals surface area contributed by atoms with E-state index in [-0.39, 0.29) is 5.54 Å². The van der Waals surface area contributed by atoms with Crippen LogP contribution in [0, 0.1) is 0 Å². The van der Waals surface area contributed by atoms with Crippen molar-refractivity contribution in [3.63, 3.8) is 0 Å². The molecule has 106 valence electrons. The Bertz CT molecular complexity index is 270. The van der Waals surface area contributed by atoms with E-state index in [9.17, 15) is 0 Å². The Morgan fingerprint density at radius 1 is 1.33 bits per heavy atom. The second kappa shape index (κ2) is 7.30. The number of hydrogen-bond donors (Lipinski definition) is 1. The zero-order chi connectivity index (χ0) is 13.6. The van der Waals surface area contributed by atoms with Crippen LogP contribution in [-0.2, 0) is 0 Å². The summed E-state index contributed by atoms with van der Waals surface area (Å²) in [7, 11) is 4.43. The highest BCUT2D eigenvalue weighted by atomic mass is 15.2. The van der Waals surface area contributed by atoms with Crippen LogP contribution in [0.15, 0.2) is 11.6 Å². The van der Waals surface area contributed by atoms with Crippen molar-refractivity contribution >= 4 is 0 Å². The summed E-state index contributed by atoms with van der Waals surface area (Å²) in [5, 5.41) is 3.80. The summed E-state index contributed by atoms with van der Waals surface area (Å²) in [4.78, 5) is 2.40. The second-order valence-corrected chi connectivity index (χ2v) is 6.02. The fourth-order valence-electron chi connectivity index (χ4n) is 2.94. The van der Waals surface area contributed by atoms with Crippen LogP contribution in [-0.4, -0.2) is 37.1 Å². The molecule has 1 aliphatic carbocycles. The highest BCUT2D eigenvalue weighted by Crippen LogP contribution is 2.31. The Balaban J connectivity index is 2.91. The van der Waals surface area contributed by atoms with Crippen LogP contribution in [0.4, 0.5) is 0 Å². The van der Waals surface area contributed by atoms with Crippen LogP contribution in [0.1, 0.15) is 59.3 Å². The van der Waals surface area contributed by atoms with Gasteiger partial charge in [-0.2, -0.15) is 0 Å². The lowest BCUT2D eigenvalue weighted by molar-refractivity contribution is 0.126. The lowest BCUT2D eigenvalue weighted by atomic mass is 9.79. The molecule has 0 bridgehead atoms. The second-order valence-electron chi connectivity index (χ2n) is 6.02. The molecule has 0 aliphatic heterocycles. The maximum absolute atomic E-state index is 3.80. The molecule has 1 N–H and O–H groups in total. The van der Waals surface area contributed by atoms with E-state index in [1.165, 1.54) is 38.5 Å². The average Bonchev–Trinajstić information content (AvgIpc) is 2.39. The third-order valence-electron chi connectivity index (χ3n) is 4.65. The summed E-state index contributed by atoms with van der Waals surface area (Å²) in [5.74, 6) is 0. The van der Waals surface area contributed by atoms with Gasteiger partial charge in [0.15, 0.2) is 0 Å². The van der Waals surface area contributed by atoms with Crippen LogP contribution < -0.4 is 5.32 Å². The molecular weight excluding hydrogens is 220 g/mol. The number of nitrogens with one attached hydrogen (secondary N) is 1. The topological polar surface area (TPSA) is 15.3 Å². The van der Waals surface area contributed by atoms with Gasteiger partial charge in [-0.05, 0) is 66.1 Å². The van der Waals surface area contributed by atoms with Crippen LogP contribution in [0.5, 0.6) is 0 Å². The molecule has 0 saturated heterocycles. The van der Waals surface area contributed by atoms with Gasteiger partial charge in [-0.25, -0.2) is 0 Å². The minimum atomic E-state index is 0.221. The van der Waals surface area contributed by atoms with E-state index < -0.39 is 0 Å². The van der Waals surface area contributed by atoms with Crippen molar-refractivity contribution in [2.24, 2.45) is 0 Å². The molecule has 1 rings (SSSR count). The standard InChI is InChI=1S/C16H32N2/c1-6-13-17-15(14-11-9-8-10-12-14)16(3,7-2)18(4)5/h11,15,17H,6-10,12-13H2,1-5H3. The van der Waals surface area contributed by atoms with Gasteiger partial charge < -0.3 is 10.2 Å². The maximum atomic E-state index is 3.80. The summed E-state index contributed by atoms with van der Waals surface area (Å²) < 4.78 is 0. The minimum Gasteiger partial charge on any atom is -0.309 e. The van der Waals surface area contributed by atoms with Crippen molar-refractivity contribution < 1.29 is 0 Å². The first-order valence-corrected chi connectivity index (χ1v) is 7.66. The maximum Gasteiger partial charge on any atom is 0.0463 e. The molecule has 2 heteroatoms. The highest BCUT2D eigenvalue weighted by Gasteiger charge is 2.36. The molecule has 0 radical (unpaired) electrons. The third kappa shape index (κ3) is 3.58. The van der Waals surface area contributed by atoms with Gasteiger partial charge in [-0.1, -0.05) is 25.5 Å². The van der Waals surface area contributed by atoms with Crippen LogP contribution in [0.25, 0.3) is 0 Å². The smallest absolute Gasteiger partial charge is 0.0463 e. The molecule has 0 amide bonds. The Labute approximate surface area is 114 Å². The molecule has 2 atom stereocenters. The summed E-state index contributed by atoms with van der Waals surface area (Å²) in [5.41, 5.74) is 1.87. The van der Waals surface area contributed by atoms with E-state index in [2.05, 4.69) is 51.2 Å². The third-order valence-corrected chi connectivity index (χ3v) is 4.65. The quantitative estimate of drug-likeness (QED) is 0.697. The molecular formula is C16H32N2. The molecule has 0 aromatic carbocycles. The van der Waals surface area contributed by atoms with Gasteiger partial charge in [-0.3, -0.25) is 0 Å². The Kier molecular flexibility index (Phi) is 6.37. The predicted molar refractivity (Wildman–Crippen MR) is 81.0 cm³/mol. The van der Waals surface area contributed by atoms with Gasteiger partial charge in [0.2, 0.25) is 0 Å². The monoisotopic (exact) mass is 252 g/mol. The molecule has 0 aromatic rings. The molecule has 18 heavy (non-hydrogen) atoms. The van der Waals surface area contributed by atoms with Gasteiger partial charge in [-0.15, -0.1) is 0 Å². The number of likely N-dealkylation sites (N-methyl/N-ethyl adjacent to an activating group) is 1. The average molecular weight is 252 g/mol. The lowest BCUT2D eigenvalue weighted by Crippen LogP contribution is -2.58. The number of hydrogen-bond acceptors (Lipinski definition) is 2. The van der Waals surface area contributed by atoms with Gasteiger partial charge >= 0.3 is 0 Å². The van der Waals surface area contributed by atoms with Crippen molar-refractivity contribution in [3.05, 3.63) is 11.6 Å². The molecule has 0 aromatic heterocycles. The summed E-state index contributed by atoms with van der Waals surface area (Å²) in [6.07, 6.45) is 10.2. The van der Waals surface area contributed by atoms with E-state index in [0.29, 0.717) is 6.04 Å². The minimum absolute atomic E-state index is 0.221. The molecule has 2 unspecified atom stereocenters. The van der Waals surface area contributed by atoms with E-state index in [1.54, 1.807) is 5.57 Å². The predicted octanol–water partition coefficient (Wildman–Crippen LogP) is 3.59. The summed E-state index contributed by atoms with van der Waals surface area (Å²) >= 11 is 0. The van der Waals surface area contributed by atoms with Crippen molar-refractivity contribution in [3.8, 4) is 0 Å². The van der Waals surface area contributed by atoms with Crippen molar-refractivity contribution in [1.82, 2.24) is 10.2 Å². The fourth-order valence-corrected chi connectivity index (χ4v) is 2.94. The van der Waals surface area contributed by atoms with E-state index >= 15 is 0 Å². The molecule has 0 fully saturated rings. The fraction of sp³-hybridized carbons (Fsp3) is 0.875. The van der Waals surface area contributed by atoms with Crippen molar-refractivity contribution in [1.29, 1.82) is 0 Å². The van der Waals surface area contributed by atoms with Crippen LogP contribution in [0.3, 0.4) is 0 Å². The number of allylic oxidation sites excluding steroid dienone is 1. The van der Waals surface area contributed by atoms with Crippen molar-refractivity contribution in [2.75, 3.05) is 20.6 Å². The Morgan fingerprint density at radius 2 is 2.06 bits per heavy atom. The van der Waals surface area contributed by atoms with Crippen LogP contribution >= 0.6 is 0 Å². The summed E-state index contributed by atoms with van der Waals surface area (Å²) in [6.45, 7) is 8.07. The first kappa shape index (κ1) is 15.7. The van der Waals surface area contributed by atoms with Gasteiger partial charge in [0, 0.05) is 11.6 Å². The Morgan fingerprint density at radius 3 is 2.50 bits per heavy atom. The largest absolute Gasteiger partial charge is 0.309 e. The first-order chi connectivity index (χ1) is 8.56. The van der Waals surface area contributed by atoms with E-state index in [0.717, 1.165) is 6.54 Å². The van der Waals surface area contributed by atoms with Crippen LogP contribution in [0.2, 0.25) is 0 Å². The summed E-state index contributed by atoms with van der Waals surface area (Å²) in [6, 6.07) is 0.512. The zero-order valence-corrected chi connectivity index (χ0v) is 13.1. The van der Waals surface area contributed by atoms with Gasteiger partial charge in [0.1, 0.15) is 0 Å². The normalized spacial score (nSPS) is 21.6. The first-order valence-electron chi connectivity index (χ1n) is 7.66. The SMILES string of the molecule is CCCNC(C1=CCCCC1)C(C)(CC)N(C)C. The van der Waals surface area contributed by atoms with Gasteiger partial charge in [0.25, 0.3) is 0 Å². The van der Waals surface area contributed by atoms with Crippen molar-refractivity contribution in [2.45, 2.75) is 70.9 Å². The van der Waals surface area contributed by atoms with E-state index in [4.69, 9.17) is 0 Å². The highest BCUT2D eigenvalue weighted by molar-refractivity contribution is 5.20. The number of nitrogens with zero attached hydrogens (tertiary/aromatic N) is 1.